The van der Waals surface area contributed by atoms with Crippen molar-refractivity contribution in [3.05, 3.63) is 67.8 Å². The van der Waals surface area contributed by atoms with Crippen LogP contribution in [0.25, 0.3) is 10.2 Å². The fraction of sp³-hybridized carbons (Fsp3) is 0.465. The summed E-state index contributed by atoms with van der Waals surface area (Å²) in [6, 6.07) is 12.1. The number of nitrogens with zero attached hydrogens (tertiary/aromatic N) is 3. The molecule has 2 aliphatic rings. The van der Waals surface area contributed by atoms with Crippen LogP contribution in [0.3, 0.4) is 0 Å². The summed E-state index contributed by atoms with van der Waals surface area (Å²) in [6.07, 6.45) is 8.03. The minimum absolute atomic E-state index is 0.139. The summed E-state index contributed by atoms with van der Waals surface area (Å²) in [5.74, 6) is -3.75. The van der Waals surface area contributed by atoms with Gasteiger partial charge in [-0.2, -0.15) is 0 Å². The number of fused-ring (bicyclic) bond motifs is 1. The number of unbranched alkanes of at least 4 members (excludes halogenated alkanes) is 2. The van der Waals surface area contributed by atoms with Crippen molar-refractivity contribution >= 4 is 68.2 Å². The molecule has 0 atom stereocenters. The van der Waals surface area contributed by atoms with E-state index in [0.29, 0.717) is 82.2 Å². The fourth-order valence-electron chi connectivity index (χ4n) is 6.75. The van der Waals surface area contributed by atoms with Crippen LogP contribution in [-0.2, 0) is 47.7 Å². The lowest BCUT2D eigenvalue weighted by Crippen LogP contribution is -2.30. The number of benzene rings is 2. The molecule has 0 amide bonds. The number of aromatic nitrogens is 1. The average molecular weight is 847 g/mol. The first-order valence-corrected chi connectivity index (χ1v) is 21.0. The predicted octanol–water partition coefficient (Wildman–Crippen LogP) is 7.94. The average Bonchev–Trinajstić information content (AvgIpc) is 3.69. The van der Waals surface area contributed by atoms with E-state index in [1.165, 1.54) is 29.5 Å². The number of anilines is 1. The van der Waals surface area contributed by atoms with E-state index < -0.39 is 35.7 Å². The maximum absolute atomic E-state index is 13.4. The Morgan fingerprint density at radius 3 is 1.65 bits per heavy atom. The standard InChI is InChI=1S/C43H50N4O12S/c1-3-37(48)54-23-7-9-25-56-39(50)28-13-17-30(18-14-28)41(52)58-32-21-22-35(34(27-32)45-47-46-43-44-33-11-5-6-12-36(33)60-43)59-42(53)31-19-15-29(16-20-31)40(51)57-26-10-8-24-55-38(49)4-2/h3-6,11-12,21-22,27-31H,1-2,7-10,13-20,23-26H2,(H,44,45,46). The summed E-state index contributed by atoms with van der Waals surface area (Å²) in [5.41, 5.74) is 3.81. The Morgan fingerprint density at radius 1 is 0.650 bits per heavy atom. The zero-order valence-corrected chi connectivity index (χ0v) is 34.2. The summed E-state index contributed by atoms with van der Waals surface area (Å²) < 4.78 is 33.2. The molecule has 2 fully saturated rings. The number of carbonyl (C=O) groups is 6. The van der Waals surface area contributed by atoms with Gasteiger partial charge in [-0.25, -0.2) is 14.6 Å². The van der Waals surface area contributed by atoms with Crippen LogP contribution in [-0.4, -0.2) is 67.2 Å². The molecule has 1 heterocycles. The molecule has 17 heteroatoms. The zero-order valence-electron chi connectivity index (χ0n) is 33.4. The van der Waals surface area contributed by atoms with Crippen molar-refractivity contribution in [2.45, 2.75) is 77.0 Å². The molecule has 0 spiro atoms. The molecule has 0 unspecified atom stereocenters. The van der Waals surface area contributed by atoms with E-state index in [2.05, 4.69) is 33.9 Å². The van der Waals surface area contributed by atoms with Gasteiger partial charge in [-0.15, -0.1) is 5.11 Å². The number of para-hydroxylation sites is 1. The van der Waals surface area contributed by atoms with E-state index in [1.807, 2.05) is 24.3 Å². The normalized spacial score (nSPS) is 18.8. The van der Waals surface area contributed by atoms with Crippen LogP contribution in [0.1, 0.15) is 77.0 Å². The van der Waals surface area contributed by atoms with Crippen LogP contribution in [0.5, 0.6) is 11.5 Å². The van der Waals surface area contributed by atoms with Gasteiger partial charge >= 0.3 is 35.8 Å². The second-order valence-electron chi connectivity index (χ2n) is 14.4. The SMILES string of the molecule is C=CC(=O)OCCCCOC(=O)C1CCC(C(=O)Oc2ccc(OC(=O)C3CCC(C(=O)OCCCCOC(=O)C=C)CC3)c(NN=Nc3nc4ccccc4s3)c2)CC1. The highest BCUT2D eigenvalue weighted by molar-refractivity contribution is 7.21. The molecule has 16 nitrogen and oxygen atoms in total. The minimum atomic E-state index is -0.496. The molecule has 0 bridgehead atoms. The number of hydrogen-bond acceptors (Lipinski definition) is 16. The lowest BCUT2D eigenvalue weighted by Gasteiger charge is -2.26. The number of esters is 6. The number of thiazole rings is 1. The number of rotatable bonds is 21. The summed E-state index contributed by atoms with van der Waals surface area (Å²) in [4.78, 5) is 78.7. The van der Waals surface area contributed by atoms with Gasteiger partial charge in [0.15, 0.2) is 5.75 Å². The molecule has 0 saturated heterocycles. The highest BCUT2D eigenvalue weighted by atomic mass is 32.1. The predicted molar refractivity (Wildman–Crippen MR) is 219 cm³/mol. The molecule has 0 radical (unpaired) electrons. The van der Waals surface area contributed by atoms with E-state index >= 15 is 0 Å². The Morgan fingerprint density at radius 2 is 1.13 bits per heavy atom. The van der Waals surface area contributed by atoms with Gasteiger partial charge in [0.25, 0.3) is 0 Å². The quantitative estimate of drug-likeness (QED) is 0.0205. The van der Waals surface area contributed by atoms with Gasteiger partial charge in [0, 0.05) is 18.2 Å². The van der Waals surface area contributed by atoms with E-state index in [9.17, 15) is 28.8 Å². The van der Waals surface area contributed by atoms with Crippen LogP contribution in [0.15, 0.2) is 78.1 Å². The zero-order chi connectivity index (χ0) is 42.7. The number of hydrogen-bond donors (Lipinski definition) is 1. The highest BCUT2D eigenvalue weighted by Gasteiger charge is 2.34. The van der Waals surface area contributed by atoms with Crippen LogP contribution >= 0.6 is 11.3 Å². The Hall–Kier alpha value is -5.97. The summed E-state index contributed by atoms with van der Waals surface area (Å²) in [5, 5.41) is 8.69. The molecule has 5 rings (SSSR count). The smallest absolute Gasteiger partial charge is 0.330 e. The van der Waals surface area contributed by atoms with Gasteiger partial charge < -0.3 is 28.4 Å². The van der Waals surface area contributed by atoms with Gasteiger partial charge in [0.2, 0.25) is 5.13 Å². The maximum atomic E-state index is 13.4. The van der Waals surface area contributed by atoms with Gasteiger partial charge in [-0.1, -0.05) is 41.9 Å². The molecule has 1 aromatic heterocycles. The Bertz CT molecular complexity index is 1980. The van der Waals surface area contributed by atoms with E-state index in [0.717, 1.165) is 22.4 Å². The number of ether oxygens (including phenoxy) is 6. The monoisotopic (exact) mass is 846 g/mol. The van der Waals surface area contributed by atoms with Gasteiger partial charge in [-0.3, -0.25) is 24.6 Å². The Labute approximate surface area is 351 Å². The van der Waals surface area contributed by atoms with Crippen molar-refractivity contribution in [2.24, 2.45) is 34.0 Å². The van der Waals surface area contributed by atoms with Crippen molar-refractivity contribution in [3.63, 3.8) is 0 Å². The third kappa shape index (κ3) is 14.1. The van der Waals surface area contributed by atoms with E-state index in [4.69, 9.17) is 28.4 Å². The van der Waals surface area contributed by atoms with E-state index in [1.54, 1.807) is 0 Å². The summed E-state index contributed by atoms with van der Waals surface area (Å²) >= 11 is 1.35. The van der Waals surface area contributed by atoms with Gasteiger partial charge in [-0.05, 0) is 101 Å². The molecule has 2 saturated carbocycles. The first kappa shape index (κ1) is 45.1. The molecular weight excluding hydrogens is 797 g/mol. The Balaban J connectivity index is 1.13. The number of nitrogens with one attached hydrogen (secondary N) is 1. The molecule has 0 aliphatic heterocycles. The third-order valence-corrected chi connectivity index (χ3v) is 11.1. The van der Waals surface area contributed by atoms with Crippen LogP contribution in [0.4, 0.5) is 10.8 Å². The first-order valence-electron chi connectivity index (χ1n) is 20.1. The summed E-state index contributed by atoms with van der Waals surface area (Å²) in [7, 11) is 0. The molecule has 1 N–H and O–H groups in total. The lowest BCUT2D eigenvalue weighted by molar-refractivity contribution is -0.152. The molecular formula is C43H50N4O12S. The molecule has 60 heavy (non-hydrogen) atoms. The largest absolute Gasteiger partial charge is 0.465 e. The highest BCUT2D eigenvalue weighted by Crippen LogP contribution is 2.36. The minimum Gasteiger partial charge on any atom is -0.465 e. The van der Waals surface area contributed by atoms with E-state index in [-0.39, 0.29) is 67.4 Å². The van der Waals surface area contributed by atoms with Crippen molar-refractivity contribution in [1.82, 2.24) is 4.98 Å². The fourth-order valence-corrected chi connectivity index (χ4v) is 7.53. The summed E-state index contributed by atoms with van der Waals surface area (Å²) in [6.45, 7) is 7.56. The molecule has 2 aromatic carbocycles. The second kappa shape index (κ2) is 23.6. The lowest BCUT2D eigenvalue weighted by atomic mass is 9.82. The number of carbonyl (C=O) groups excluding carboxylic acids is 6. The van der Waals surface area contributed by atoms with Crippen molar-refractivity contribution < 1.29 is 57.2 Å². The molecule has 2 aliphatic carbocycles. The third-order valence-electron chi connectivity index (χ3n) is 10.1. The van der Waals surface area contributed by atoms with Crippen molar-refractivity contribution in [2.75, 3.05) is 31.9 Å². The Kier molecular flexibility index (Phi) is 17.7. The van der Waals surface area contributed by atoms with Crippen molar-refractivity contribution in [1.29, 1.82) is 0 Å². The molecule has 320 valence electrons. The van der Waals surface area contributed by atoms with Crippen LogP contribution < -0.4 is 14.9 Å². The van der Waals surface area contributed by atoms with Crippen LogP contribution in [0.2, 0.25) is 0 Å². The molecule has 3 aromatic rings. The maximum Gasteiger partial charge on any atom is 0.330 e. The van der Waals surface area contributed by atoms with Crippen molar-refractivity contribution in [3.8, 4) is 11.5 Å². The van der Waals surface area contributed by atoms with Gasteiger partial charge in [0.1, 0.15) is 11.4 Å². The topological polar surface area (TPSA) is 207 Å². The van der Waals surface area contributed by atoms with Crippen LogP contribution in [0, 0.1) is 23.7 Å². The second-order valence-corrected chi connectivity index (χ2v) is 15.4. The first-order chi connectivity index (χ1) is 29.1. The van der Waals surface area contributed by atoms with Gasteiger partial charge in [0.05, 0.1) is 60.3 Å².